The lowest BCUT2D eigenvalue weighted by molar-refractivity contribution is 0.102. The Hall–Kier alpha value is -2.85. The van der Waals surface area contributed by atoms with Crippen molar-refractivity contribution in [3.8, 4) is 0 Å². The molecule has 0 bridgehead atoms. The van der Waals surface area contributed by atoms with Crippen molar-refractivity contribution in [1.82, 2.24) is 4.57 Å². The van der Waals surface area contributed by atoms with Crippen molar-refractivity contribution < 1.29 is 4.79 Å². The summed E-state index contributed by atoms with van der Waals surface area (Å²) in [4.78, 5) is 25.3. The van der Waals surface area contributed by atoms with Gasteiger partial charge in [-0.05, 0) is 50.6 Å². The third-order valence-corrected chi connectivity index (χ3v) is 4.82. The average Bonchev–Trinajstić information content (AvgIpc) is 2.62. The fourth-order valence-electron chi connectivity index (χ4n) is 3.04. The molecule has 0 aliphatic heterocycles. The number of anilines is 1. The summed E-state index contributed by atoms with van der Waals surface area (Å²) in [6, 6.07) is 16.5. The van der Waals surface area contributed by atoms with Crippen molar-refractivity contribution in [2.24, 2.45) is 0 Å². The predicted octanol–water partition coefficient (Wildman–Crippen LogP) is 4.73. The van der Waals surface area contributed by atoms with Crippen molar-refractivity contribution in [2.45, 2.75) is 27.3 Å². The monoisotopic (exact) mass is 380 g/mol. The molecule has 0 saturated heterocycles. The second kappa shape index (κ2) is 7.80. The summed E-state index contributed by atoms with van der Waals surface area (Å²) in [7, 11) is 0. The van der Waals surface area contributed by atoms with Crippen LogP contribution in [0.3, 0.4) is 0 Å². The number of nitrogens with zero attached hydrogens (tertiary/aromatic N) is 1. The van der Waals surface area contributed by atoms with E-state index in [1.165, 1.54) is 6.07 Å². The number of hydrogen-bond donors (Lipinski definition) is 1. The molecule has 0 aliphatic carbocycles. The Balaban J connectivity index is 1.95. The van der Waals surface area contributed by atoms with Gasteiger partial charge in [0.05, 0.1) is 0 Å². The van der Waals surface area contributed by atoms with Gasteiger partial charge in [-0.25, -0.2) is 0 Å². The molecule has 0 spiro atoms. The fourth-order valence-corrected chi connectivity index (χ4v) is 3.17. The first-order valence-corrected chi connectivity index (χ1v) is 9.06. The molecule has 138 valence electrons. The number of amides is 1. The number of carbonyl (C=O) groups is 1. The maximum atomic E-state index is 12.8. The average molecular weight is 381 g/mol. The molecule has 0 aliphatic rings. The molecule has 0 fully saturated rings. The van der Waals surface area contributed by atoms with E-state index in [0.717, 1.165) is 16.8 Å². The van der Waals surface area contributed by atoms with E-state index in [-0.39, 0.29) is 11.0 Å². The Morgan fingerprint density at radius 2 is 1.63 bits per heavy atom. The number of halogens is 1. The number of nitrogens with one attached hydrogen (secondary N) is 1. The van der Waals surface area contributed by atoms with E-state index < -0.39 is 5.91 Å². The van der Waals surface area contributed by atoms with E-state index in [2.05, 4.69) is 5.32 Å². The summed E-state index contributed by atoms with van der Waals surface area (Å²) in [6.07, 6.45) is 0. The zero-order chi connectivity index (χ0) is 19.6. The third kappa shape index (κ3) is 4.29. The number of pyridine rings is 1. The Kier molecular flexibility index (Phi) is 5.47. The van der Waals surface area contributed by atoms with Crippen LogP contribution in [0.15, 0.2) is 59.4 Å². The molecule has 2 aromatic carbocycles. The van der Waals surface area contributed by atoms with Crippen molar-refractivity contribution in [2.75, 3.05) is 5.32 Å². The van der Waals surface area contributed by atoms with E-state index in [9.17, 15) is 9.59 Å². The van der Waals surface area contributed by atoms with Gasteiger partial charge >= 0.3 is 0 Å². The minimum absolute atomic E-state index is 0.162. The molecule has 1 N–H and O–H groups in total. The quantitative estimate of drug-likeness (QED) is 0.711. The Labute approximate surface area is 163 Å². The van der Waals surface area contributed by atoms with E-state index in [1.807, 2.05) is 66.9 Å². The zero-order valence-corrected chi connectivity index (χ0v) is 16.3. The zero-order valence-electron chi connectivity index (χ0n) is 15.5. The van der Waals surface area contributed by atoms with Crippen LogP contribution in [0.4, 0.5) is 5.69 Å². The first kappa shape index (κ1) is 18.9. The Morgan fingerprint density at radius 1 is 1.00 bits per heavy atom. The van der Waals surface area contributed by atoms with Crippen LogP contribution in [0.25, 0.3) is 0 Å². The fraction of sp³-hybridized carbons (Fsp3) is 0.182. The molecule has 1 heterocycles. The van der Waals surface area contributed by atoms with Gasteiger partial charge in [-0.1, -0.05) is 41.4 Å². The summed E-state index contributed by atoms with van der Waals surface area (Å²) in [6.45, 7) is 6.20. The van der Waals surface area contributed by atoms with Crippen LogP contribution in [-0.2, 0) is 6.54 Å². The highest BCUT2D eigenvalue weighted by molar-refractivity contribution is 6.30. The summed E-state index contributed by atoms with van der Waals surface area (Å²) >= 11 is 5.95. The first-order valence-electron chi connectivity index (χ1n) is 8.68. The normalized spacial score (nSPS) is 10.7. The van der Waals surface area contributed by atoms with Gasteiger partial charge in [0, 0.05) is 34.7 Å². The molecular formula is C22H21ClN2O2. The first-order chi connectivity index (χ1) is 12.8. The van der Waals surface area contributed by atoms with Crippen LogP contribution in [0, 0.1) is 20.8 Å². The summed E-state index contributed by atoms with van der Waals surface area (Å²) in [5, 5.41) is 3.49. The van der Waals surface area contributed by atoms with Gasteiger partial charge in [-0.15, -0.1) is 0 Å². The van der Waals surface area contributed by atoms with E-state index in [4.69, 9.17) is 11.6 Å². The predicted molar refractivity (Wildman–Crippen MR) is 110 cm³/mol. The molecule has 3 aromatic rings. The number of aromatic nitrogens is 1. The van der Waals surface area contributed by atoms with Gasteiger partial charge in [0.2, 0.25) is 0 Å². The number of benzene rings is 2. The van der Waals surface area contributed by atoms with Crippen LogP contribution in [0.2, 0.25) is 5.02 Å². The van der Waals surface area contributed by atoms with Gasteiger partial charge in [0.1, 0.15) is 5.56 Å². The van der Waals surface area contributed by atoms with E-state index in [1.54, 1.807) is 6.92 Å². The van der Waals surface area contributed by atoms with E-state index >= 15 is 0 Å². The highest BCUT2D eigenvalue weighted by atomic mass is 35.5. The second-order valence-electron chi connectivity index (χ2n) is 6.64. The molecule has 0 saturated carbocycles. The molecule has 0 atom stereocenters. The van der Waals surface area contributed by atoms with Crippen LogP contribution >= 0.6 is 11.6 Å². The molecule has 1 aromatic heterocycles. The van der Waals surface area contributed by atoms with Crippen LogP contribution in [0.5, 0.6) is 0 Å². The maximum Gasteiger partial charge on any atom is 0.261 e. The lowest BCUT2D eigenvalue weighted by Crippen LogP contribution is -2.27. The molecule has 0 unspecified atom stereocenters. The van der Waals surface area contributed by atoms with Crippen molar-refractivity contribution >= 4 is 23.2 Å². The van der Waals surface area contributed by atoms with Crippen LogP contribution in [-0.4, -0.2) is 10.5 Å². The number of carbonyl (C=O) groups excluding carboxylic acids is 1. The van der Waals surface area contributed by atoms with Gasteiger partial charge in [0.25, 0.3) is 5.91 Å². The standard InChI is InChI=1S/C22H21ClN2O2/c1-14-4-10-19(11-5-14)24-22(27)21-16(3)25(15(2)12-20(21)26)13-17-6-8-18(23)9-7-17/h4-12H,13H2,1-3H3,(H,24,27). The van der Waals surface area contributed by atoms with Gasteiger partial charge in [-0.3, -0.25) is 9.59 Å². The highest BCUT2D eigenvalue weighted by Gasteiger charge is 2.18. The number of hydrogen-bond acceptors (Lipinski definition) is 2. The summed E-state index contributed by atoms with van der Waals surface area (Å²) in [5.41, 5.74) is 4.13. The molecule has 4 nitrogen and oxygen atoms in total. The minimum Gasteiger partial charge on any atom is -0.344 e. The van der Waals surface area contributed by atoms with Gasteiger partial charge in [-0.2, -0.15) is 0 Å². The lowest BCUT2D eigenvalue weighted by atomic mass is 10.1. The minimum atomic E-state index is -0.397. The SMILES string of the molecule is Cc1ccc(NC(=O)c2c(C)n(Cc3ccc(Cl)cc3)c(C)cc2=O)cc1. The molecule has 1 amide bonds. The highest BCUT2D eigenvalue weighted by Crippen LogP contribution is 2.16. The van der Waals surface area contributed by atoms with Crippen LogP contribution < -0.4 is 10.7 Å². The van der Waals surface area contributed by atoms with E-state index in [0.29, 0.717) is 22.9 Å². The van der Waals surface area contributed by atoms with Gasteiger partial charge in [0.15, 0.2) is 5.43 Å². The topological polar surface area (TPSA) is 51.1 Å². The maximum absolute atomic E-state index is 12.8. The molecule has 0 radical (unpaired) electrons. The van der Waals surface area contributed by atoms with Gasteiger partial charge < -0.3 is 9.88 Å². The summed E-state index contributed by atoms with van der Waals surface area (Å²) < 4.78 is 1.97. The van der Waals surface area contributed by atoms with Crippen molar-refractivity contribution in [3.63, 3.8) is 0 Å². The smallest absolute Gasteiger partial charge is 0.261 e. The van der Waals surface area contributed by atoms with Crippen molar-refractivity contribution in [1.29, 1.82) is 0 Å². The molecule has 5 heteroatoms. The molecule has 3 rings (SSSR count). The third-order valence-electron chi connectivity index (χ3n) is 4.57. The Morgan fingerprint density at radius 3 is 2.26 bits per heavy atom. The number of aryl methyl sites for hydroxylation is 2. The number of rotatable bonds is 4. The largest absolute Gasteiger partial charge is 0.344 e. The van der Waals surface area contributed by atoms with Crippen molar-refractivity contribution in [3.05, 3.63) is 97.9 Å². The lowest BCUT2D eigenvalue weighted by Gasteiger charge is -2.18. The molecular weight excluding hydrogens is 360 g/mol. The Bertz CT molecular complexity index is 1040. The summed E-state index contributed by atoms with van der Waals surface area (Å²) in [5.74, 6) is -0.397. The second-order valence-corrected chi connectivity index (χ2v) is 7.08. The van der Waals surface area contributed by atoms with Crippen LogP contribution in [0.1, 0.15) is 32.9 Å². The molecule has 27 heavy (non-hydrogen) atoms.